The quantitative estimate of drug-likeness (QED) is 0.425. The topological polar surface area (TPSA) is 92.8 Å². The number of esters is 1. The molecule has 4 rings (SSSR count). The summed E-state index contributed by atoms with van der Waals surface area (Å²) in [5, 5.41) is 2.74. The fraction of sp³-hybridized carbons (Fsp3) is 0.185. The number of methoxy groups -OCH3 is 1. The molecule has 1 N–H and O–H groups in total. The number of aryl methyl sites for hydroxylation is 2. The summed E-state index contributed by atoms with van der Waals surface area (Å²) < 4.78 is 18.1. The highest BCUT2D eigenvalue weighted by atomic mass is 19.1. The third-order valence-electron chi connectivity index (χ3n) is 5.93. The number of rotatable bonds is 6. The van der Waals surface area contributed by atoms with Crippen molar-refractivity contribution >= 4 is 29.4 Å². The van der Waals surface area contributed by atoms with Crippen LogP contribution < -0.4 is 10.2 Å². The standard InChI is InChI=1S/C27H23FN2O5/c1-15-4-5-16(2)23(12-15)30-26(33)20-11-8-18(13-21(20)27(30)34)25(32)29-22(14-24(31)35-3)17-6-9-19(28)10-7-17/h4-13,22H,14H2,1-3H3,(H,29,32). The molecule has 7 nitrogen and oxygen atoms in total. The number of carbonyl (C=O) groups excluding carboxylic acids is 4. The molecule has 0 saturated heterocycles. The Hall–Kier alpha value is -4.33. The Bertz CT molecular complexity index is 1350. The van der Waals surface area contributed by atoms with Crippen LogP contribution in [0.2, 0.25) is 0 Å². The lowest BCUT2D eigenvalue weighted by Crippen LogP contribution is -2.31. The Balaban J connectivity index is 1.62. The monoisotopic (exact) mass is 474 g/mol. The first-order valence-electron chi connectivity index (χ1n) is 10.9. The average Bonchev–Trinajstić information content (AvgIpc) is 3.09. The Morgan fingerprint density at radius 1 is 0.943 bits per heavy atom. The molecule has 1 heterocycles. The number of nitrogens with zero attached hydrogens (tertiary/aromatic N) is 1. The number of imide groups is 1. The van der Waals surface area contributed by atoms with E-state index in [1.807, 2.05) is 26.0 Å². The summed E-state index contributed by atoms with van der Waals surface area (Å²) >= 11 is 0. The molecule has 0 aromatic heterocycles. The van der Waals surface area contributed by atoms with E-state index in [0.29, 0.717) is 11.3 Å². The first-order chi connectivity index (χ1) is 16.7. The molecule has 0 spiro atoms. The van der Waals surface area contributed by atoms with Crippen molar-refractivity contribution in [2.45, 2.75) is 26.3 Å². The molecule has 1 atom stereocenters. The van der Waals surface area contributed by atoms with Crippen molar-refractivity contribution in [3.63, 3.8) is 0 Å². The SMILES string of the molecule is COC(=O)CC(NC(=O)c1ccc2c(c1)C(=O)N(c1cc(C)ccc1C)C2=O)c1ccc(F)cc1. The average molecular weight is 474 g/mol. The summed E-state index contributed by atoms with van der Waals surface area (Å²) in [6.07, 6.45) is -0.170. The molecule has 1 aliphatic rings. The van der Waals surface area contributed by atoms with Gasteiger partial charge >= 0.3 is 5.97 Å². The van der Waals surface area contributed by atoms with Crippen molar-refractivity contribution < 1.29 is 28.3 Å². The number of fused-ring (bicyclic) bond motifs is 1. The van der Waals surface area contributed by atoms with Crippen molar-refractivity contribution in [2.24, 2.45) is 0 Å². The molecular weight excluding hydrogens is 451 g/mol. The summed E-state index contributed by atoms with van der Waals surface area (Å²) in [4.78, 5) is 52.3. The minimum atomic E-state index is -0.785. The predicted octanol–water partition coefficient (Wildman–Crippen LogP) is 4.28. The van der Waals surface area contributed by atoms with Crippen LogP contribution in [-0.4, -0.2) is 30.8 Å². The third-order valence-corrected chi connectivity index (χ3v) is 5.93. The number of hydrogen-bond donors (Lipinski definition) is 1. The van der Waals surface area contributed by atoms with E-state index in [0.717, 1.165) is 16.0 Å². The van der Waals surface area contributed by atoms with E-state index in [4.69, 9.17) is 4.74 Å². The molecular formula is C27H23FN2O5. The number of benzene rings is 3. The summed E-state index contributed by atoms with van der Waals surface area (Å²) in [5.74, 6) is -2.54. The van der Waals surface area contributed by atoms with Gasteiger partial charge in [0.1, 0.15) is 5.82 Å². The molecule has 0 fully saturated rings. The number of hydrogen-bond acceptors (Lipinski definition) is 5. The van der Waals surface area contributed by atoms with Crippen LogP contribution in [0, 0.1) is 19.7 Å². The van der Waals surface area contributed by atoms with E-state index in [9.17, 15) is 23.6 Å². The fourth-order valence-corrected chi connectivity index (χ4v) is 4.00. The molecule has 35 heavy (non-hydrogen) atoms. The van der Waals surface area contributed by atoms with Crippen molar-refractivity contribution in [1.29, 1.82) is 0 Å². The van der Waals surface area contributed by atoms with E-state index in [2.05, 4.69) is 5.32 Å². The van der Waals surface area contributed by atoms with Crippen LogP contribution >= 0.6 is 0 Å². The number of carbonyl (C=O) groups is 4. The first-order valence-corrected chi connectivity index (χ1v) is 10.9. The summed E-state index contributed by atoms with van der Waals surface area (Å²) in [5.41, 5.74) is 3.15. The van der Waals surface area contributed by atoms with Gasteiger partial charge in [0.2, 0.25) is 0 Å². The molecule has 0 saturated carbocycles. The molecule has 0 bridgehead atoms. The van der Waals surface area contributed by atoms with E-state index in [1.54, 1.807) is 6.07 Å². The van der Waals surface area contributed by atoms with Gasteiger partial charge in [0.25, 0.3) is 17.7 Å². The van der Waals surface area contributed by atoms with E-state index in [1.165, 1.54) is 49.6 Å². The first kappa shape index (κ1) is 23.8. The molecule has 3 aromatic rings. The van der Waals surface area contributed by atoms with E-state index >= 15 is 0 Å². The maximum Gasteiger partial charge on any atom is 0.307 e. The lowest BCUT2D eigenvalue weighted by molar-refractivity contribution is -0.141. The van der Waals surface area contributed by atoms with Crippen LogP contribution in [0.25, 0.3) is 0 Å². The van der Waals surface area contributed by atoms with Crippen molar-refractivity contribution in [1.82, 2.24) is 5.32 Å². The van der Waals surface area contributed by atoms with Gasteiger partial charge in [0, 0.05) is 5.56 Å². The summed E-state index contributed by atoms with van der Waals surface area (Å²) in [6, 6.07) is 14.4. The predicted molar refractivity (Wildman–Crippen MR) is 127 cm³/mol. The Morgan fingerprint density at radius 2 is 1.63 bits per heavy atom. The van der Waals surface area contributed by atoms with Gasteiger partial charge in [-0.3, -0.25) is 19.2 Å². The Morgan fingerprint density at radius 3 is 2.31 bits per heavy atom. The molecule has 0 aliphatic carbocycles. The van der Waals surface area contributed by atoms with Gasteiger partial charge in [-0.25, -0.2) is 9.29 Å². The minimum absolute atomic E-state index is 0.120. The zero-order valence-electron chi connectivity index (χ0n) is 19.4. The van der Waals surface area contributed by atoms with Crippen LogP contribution in [0.4, 0.5) is 10.1 Å². The molecule has 3 aromatic carbocycles. The van der Waals surface area contributed by atoms with Gasteiger partial charge in [-0.05, 0) is 66.9 Å². The molecule has 1 unspecified atom stereocenters. The largest absolute Gasteiger partial charge is 0.469 e. The molecule has 8 heteroatoms. The van der Waals surface area contributed by atoms with Crippen LogP contribution in [0.1, 0.15) is 60.2 Å². The smallest absolute Gasteiger partial charge is 0.307 e. The highest BCUT2D eigenvalue weighted by Gasteiger charge is 2.38. The highest BCUT2D eigenvalue weighted by Crippen LogP contribution is 2.32. The Kier molecular flexibility index (Phi) is 6.46. The van der Waals surface area contributed by atoms with Crippen molar-refractivity contribution in [3.05, 3.63) is 99.9 Å². The summed E-state index contributed by atoms with van der Waals surface area (Å²) in [6.45, 7) is 3.68. The van der Waals surface area contributed by atoms with Gasteiger partial charge in [0.05, 0.1) is 36.4 Å². The van der Waals surface area contributed by atoms with Crippen LogP contribution in [0.3, 0.4) is 0 Å². The molecule has 178 valence electrons. The highest BCUT2D eigenvalue weighted by molar-refractivity contribution is 6.35. The van der Waals surface area contributed by atoms with Crippen molar-refractivity contribution in [2.75, 3.05) is 12.0 Å². The van der Waals surface area contributed by atoms with Gasteiger partial charge in [-0.15, -0.1) is 0 Å². The lowest BCUT2D eigenvalue weighted by Gasteiger charge is -2.18. The minimum Gasteiger partial charge on any atom is -0.469 e. The van der Waals surface area contributed by atoms with Gasteiger partial charge in [0.15, 0.2) is 0 Å². The fourth-order valence-electron chi connectivity index (χ4n) is 4.00. The van der Waals surface area contributed by atoms with Crippen LogP contribution in [0.5, 0.6) is 0 Å². The number of halogens is 1. The van der Waals surface area contributed by atoms with Crippen LogP contribution in [0.15, 0.2) is 60.7 Å². The van der Waals surface area contributed by atoms with Crippen molar-refractivity contribution in [3.8, 4) is 0 Å². The zero-order chi connectivity index (χ0) is 25.3. The maximum absolute atomic E-state index is 13.4. The second-order valence-electron chi connectivity index (χ2n) is 8.35. The van der Waals surface area contributed by atoms with Gasteiger partial charge in [-0.2, -0.15) is 0 Å². The number of anilines is 1. The molecule has 3 amide bonds. The second kappa shape index (κ2) is 9.50. The molecule has 1 aliphatic heterocycles. The number of amides is 3. The third kappa shape index (κ3) is 4.68. The number of ether oxygens (including phenoxy) is 1. The van der Waals surface area contributed by atoms with Gasteiger partial charge in [-0.1, -0.05) is 24.3 Å². The van der Waals surface area contributed by atoms with Gasteiger partial charge < -0.3 is 10.1 Å². The summed E-state index contributed by atoms with van der Waals surface area (Å²) in [7, 11) is 1.23. The van der Waals surface area contributed by atoms with E-state index < -0.39 is 35.5 Å². The zero-order valence-corrected chi connectivity index (χ0v) is 19.4. The number of nitrogens with one attached hydrogen (secondary N) is 1. The maximum atomic E-state index is 13.4. The van der Waals surface area contributed by atoms with Crippen LogP contribution in [-0.2, 0) is 9.53 Å². The lowest BCUT2D eigenvalue weighted by atomic mass is 10.0. The molecule has 0 radical (unpaired) electrons. The normalized spacial score (nSPS) is 13.4. The Labute approximate surface area is 201 Å². The second-order valence-corrected chi connectivity index (χ2v) is 8.35. The van der Waals surface area contributed by atoms with E-state index in [-0.39, 0.29) is 23.1 Å².